The molecule has 0 spiro atoms. The van der Waals surface area contributed by atoms with Crippen LogP contribution in [0, 0.1) is 63.1 Å². The Morgan fingerprint density at radius 1 is 0.920 bits per heavy atom. The van der Waals surface area contributed by atoms with Gasteiger partial charge in [-0.25, -0.2) is 0 Å². The number of carboxylic acids is 1. The molecule has 0 unspecified atom stereocenters. The molecule has 5 aliphatic carbocycles. The Hall–Kier alpha value is -2.96. The third-order valence-corrected chi connectivity index (χ3v) is 15.6. The number of carbonyl (C=O) groups is 4. The molecule has 274 valence electrons. The fraction of sp³-hybridized carbons (Fsp3) is 0.721. The van der Waals surface area contributed by atoms with E-state index in [-0.39, 0.29) is 64.1 Å². The van der Waals surface area contributed by atoms with Crippen molar-refractivity contribution < 1.29 is 29.0 Å². The predicted molar refractivity (Wildman–Crippen MR) is 195 cm³/mol. The molecule has 50 heavy (non-hydrogen) atoms. The van der Waals surface area contributed by atoms with Crippen LogP contribution < -0.4 is 5.32 Å². The van der Waals surface area contributed by atoms with Gasteiger partial charge >= 0.3 is 11.9 Å². The monoisotopic (exact) mass is 687 g/mol. The molecule has 7 nitrogen and oxygen atoms in total. The summed E-state index contributed by atoms with van der Waals surface area (Å²) in [4.78, 5) is 53.3. The number of ketones is 1. The maximum absolute atomic E-state index is 14.5. The number of esters is 1. The van der Waals surface area contributed by atoms with Gasteiger partial charge in [-0.1, -0.05) is 66.7 Å². The van der Waals surface area contributed by atoms with Crippen molar-refractivity contribution >= 4 is 29.3 Å². The molecule has 0 aromatic heterocycles. The number of rotatable bonds is 7. The van der Waals surface area contributed by atoms with E-state index in [1.807, 2.05) is 31.2 Å². The van der Waals surface area contributed by atoms with E-state index in [1.165, 1.54) is 0 Å². The van der Waals surface area contributed by atoms with Crippen LogP contribution in [0.25, 0.3) is 0 Å². The van der Waals surface area contributed by atoms with Crippen LogP contribution >= 0.6 is 0 Å². The molecule has 0 radical (unpaired) electrons. The summed E-state index contributed by atoms with van der Waals surface area (Å²) >= 11 is 0. The van der Waals surface area contributed by atoms with Gasteiger partial charge in [0, 0.05) is 17.5 Å². The molecule has 8 atom stereocenters. The zero-order valence-corrected chi connectivity index (χ0v) is 32.3. The topological polar surface area (TPSA) is 110 Å². The molecule has 7 heteroatoms. The number of hydrogen-bond donors (Lipinski definition) is 2. The molecule has 0 bridgehead atoms. The lowest BCUT2D eigenvalue weighted by Crippen LogP contribution is -2.66. The number of anilines is 1. The van der Waals surface area contributed by atoms with Crippen LogP contribution in [0.1, 0.15) is 132 Å². The highest BCUT2D eigenvalue weighted by Gasteiger charge is 2.71. The summed E-state index contributed by atoms with van der Waals surface area (Å²) < 4.78 is 6.15. The first-order valence-electron chi connectivity index (χ1n) is 19.2. The quantitative estimate of drug-likeness (QED) is 0.277. The van der Waals surface area contributed by atoms with Gasteiger partial charge in [-0.2, -0.15) is 0 Å². The lowest BCUT2D eigenvalue weighted by Gasteiger charge is -2.72. The Labute approximate surface area is 299 Å². The fourth-order valence-electron chi connectivity index (χ4n) is 12.7. The number of hydrogen-bond acceptors (Lipinski definition) is 5. The predicted octanol–water partition coefficient (Wildman–Crippen LogP) is 9.33. The number of fused-ring (bicyclic) bond motifs is 7. The number of aryl methyl sites for hydroxylation is 1. The molecule has 5 aliphatic rings. The van der Waals surface area contributed by atoms with Crippen molar-refractivity contribution in [1.29, 1.82) is 0 Å². The summed E-state index contributed by atoms with van der Waals surface area (Å²) in [7, 11) is 0. The number of amides is 1. The van der Waals surface area contributed by atoms with Gasteiger partial charge in [-0.15, -0.1) is 0 Å². The minimum Gasteiger partial charge on any atom is -0.481 e. The second kappa shape index (κ2) is 12.0. The SMILES string of the molecule is Cc1ccccc1NC(=O)[C@@]12CC[C@]3(C)[C@H](CC[C@@H]4[C@@]5(C)CC[C@H](OC(=O)CC(C)(C)C(=O)O)C(C)(C)[C@@H]5CC[C@]43C)C1=C(C(C)C)C(=O)C2. The van der Waals surface area contributed by atoms with Crippen LogP contribution in [0.2, 0.25) is 0 Å². The van der Waals surface area contributed by atoms with E-state index < -0.39 is 22.8 Å². The van der Waals surface area contributed by atoms with Crippen molar-refractivity contribution in [3.63, 3.8) is 0 Å². The molecular formula is C43H61NO6. The molecule has 6 rings (SSSR count). The molecule has 0 saturated heterocycles. The molecule has 0 heterocycles. The summed E-state index contributed by atoms with van der Waals surface area (Å²) in [6.45, 7) is 21.5. The highest BCUT2D eigenvalue weighted by Crippen LogP contribution is 2.76. The van der Waals surface area contributed by atoms with Crippen LogP contribution in [-0.4, -0.2) is 34.8 Å². The van der Waals surface area contributed by atoms with Crippen molar-refractivity contribution in [3.05, 3.63) is 41.0 Å². The van der Waals surface area contributed by atoms with Crippen molar-refractivity contribution in [2.24, 2.45) is 56.2 Å². The third-order valence-electron chi connectivity index (χ3n) is 15.6. The van der Waals surface area contributed by atoms with Gasteiger partial charge in [0.2, 0.25) is 5.91 Å². The van der Waals surface area contributed by atoms with Crippen molar-refractivity contribution in [2.45, 2.75) is 140 Å². The number of aliphatic carboxylic acids is 1. The number of allylic oxidation sites excluding steroid dienone is 1. The van der Waals surface area contributed by atoms with E-state index in [9.17, 15) is 24.3 Å². The molecule has 1 aromatic rings. The van der Waals surface area contributed by atoms with E-state index in [0.29, 0.717) is 18.3 Å². The molecular weight excluding hydrogens is 626 g/mol. The summed E-state index contributed by atoms with van der Waals surface area (Å²) in [5.74, 6) is -0.228. The molecule has 4 saturated carbocycles. The molecule has 1 aromatic carbocycles. The Balaban J connectivity index is 1.31. The maximum Gasteiger partial charge on any atom is 0.309 e. The van der Waals surface area contributed by atoms with Gasteiger partial charge in [0.05, 0.1) is 17.3 Å². The Morgan fingerprint density at radius 3 is 2.24 bits per heavy atom. The standard InChI is InChI=1S/C43H61NO6/c1-25(2)34-29(45)23-43(36(47)44-28-14-12-11-13-26(28)3)22-21-41(9)27(35(34)43)15-16-31-40(8)19-18-32(50-33(46)24-38(4,5)37(48)49)39(6,7)30(40)17-20-42(31,41)10/h11-14,25,27,30-32H,15-24H2,1-10H3,(H,44,47)(H,48,49)/t27-,30+,31-,32+,40+,41-,42-,43-/m1/s1. The first-order valence-corrected chi connectivity index (χ1v) is 19.2. The number of carboxylic acid groups (broad SMARTS) is 1. The first kappa shape index (κ1) is 36.8. The van der Waals surface area contributed by atoms with Crippen LogP contribution in [0.15, 0.2) is 35.4 Å². The number of Topliss-reactive ketones (excluding diaryl/α,β-unsaturated/α-hetero) is 1. The van der Waals surface area contributed by atoms with Crippen molar-refractivity contribution in [3.8, 4) is 0 Å². The average Bonchev–Trinajstić information content (AvgIpc) is 3.33. The number of para-hydroxylation sites is 1. The Morgan fingerprint density at radius 2 is 1.60 bits per heavy atom. The summed E-state index contributed by atoms with van der Waals surface area (Å²) in [5, 5.41) is 12.9. The zero-order chi connectivity index (χ0) is 36.8. The first-order chi connectivity index (χ1) is 23.2. The second-order valence-electron chi connectivity index (χ2n) is 19.3. The summed E-state index contributed by atoms with van der Waals surface area (Å²) in [5.41, 5.74) is 1.69. The average molecular weight is 688 g/mol. The lowest BCUT2D eigenvalue weighted by atomic mass is 9.33. The zero-order valence-electron chi connectivity index (χ0n) is 32.3. The van der Waals surface area contributed by atoms with Crippen LogP contribution in [0.5, 0.6) is 0 Å². The number of nitrogens with one attached hydrogen (secondary N) is 1. The van der Waals surface area contributed by atoms with E-state index in [2.05, 4.69) is 53.8 Å². The van der Waals surface area contributed by atoms with Crippen molar-refractivity contribution in [1.82, 2.24) is 0 Å². The Bertz CT molecular complexity index is 1640. The van der Waals surface area contributed by atoms with E-state index >= 15 is 0 Å². The van der Waals surface area contributed by atoms with Gasteiger partial charge in [0.15, 0.2) is 5.78 Å². The van der Waals surface area contributed by atoms with Gasteiger partial charge in [0.25, 0.3) is 0 Å². The highest BCUT2D eigenvalue weighted by molar-refractivity contribution is 6.10. The second-order valence-corrected chi connectivity index (χ2v) is 19.3. The van der Waals surface area contributed by atoms with Gasteiger partial charge < -0.3 is 15.2 Å². The summed E-state index contributed by atoms with van der Waals surface area (Å²) in [6, 6.07) is 7.90. The van der Waals surface area contributed by atoms with Crippen LogP contribution in [0.3, 0.4) is 0 Å². The maximum atomic E-state index is 14.5. The fourth-order valence-corrected chi connectivity index (χ4v) is 12.7. The molecule has 1 amide bonds. The van der Waals surface area contributed by atoms with Gasteiger partial charge in [0.1, 0.15) is 6.10 Å². The van der Waals surface area contributed by atoms with Crippen molar-refractivity contribution in [2.75, 3.05) is 5.32 Å². The molecule has 4 fully saturated rings. The van der Waals surface area contributed by atoms with Crippen LogP contribution in [-0.2, 0) is 23.9 Å². The van der Waals surface area contributed by atoms with Crippen LogP contribution in [0.4, 0.5) is 5.69 Å². The summed E-state index contributed by atoms with van der Waals surface area (Å²) in [6.07, 6.45) is 7.33. The normalized spacial score (nSPS) is 37.7. The molecule has 2 N–H and O–H groups in total. The minimum absolute atomic E-state index is 0.0165. The van der Waals surface area contributed by atoms with E-state index in [0.717, 1.165) is 67.3 Å². The van der Waals surface area contributed by atoms with E-state index in [4.69, 9.17) is 4.74 Å². The number of ether oxygens (including phenoxy) is 1. The molecule has 0 aliphatic heterocycles. The van der Waals surface area contributed by atoms with Gasteiger partial charge in [-0.3, -0.25) is 19.2 Å². The number of benzene rings is 1. The number of carbonyl (C=O) groups excluding carboxylic acids is 3. The largest absolute Gasteiger partial charge is 0.481 e. The minimum atomic E-state index is -1.17. The van der Waals surface area contributed by atoms with E-state index in [1.54, 1.807) is 13.8 Å². The lowest BCUT2D eigenvalue weighted by molar-refractivity contribution is -0.233. The highest BCUT2D eigenvalue weighted by atomic mass is 16.5. The smallest absolute Gasteiger partial charge is 0.309 e. The Kier molecular flexibility index (Phi) is 8.87. The third kappa shape index (κ3) is 5.25. The van der Waals surface area contributed by atoms with Gasteiger partial charge in [-0.05, 0) is 135 Å².